The molecule has 1 heterocycles. The van der Waals surface area contributed by atoms with Crippen molar-refractivity contribution in [3.8, 4) is 11.5 Å². The smallest absolute Gasteiger partial charge is 0.254 e. The molecule has 1 unspecified atom stereocenters. The van der Waals surface area contributed by atoms with Crippen LogP contribution in [-0.2, 0) is 0 Å². The molecule has 1 aromatic rings. The number of hydrogen-bond acceptors (Lipinski definition) is 4. The number of hydrogen-bond donors (Lipinski definition) is 1. The third-order valence-electron chi connectivity index (χ3n) is 3.71. The molecule has 110 valence electrons. The van der Waals surface area contributed by atoms with Gasteiger partial charge in [0.1, 0.15) is 0 Å². The number of likely N-dealkylation sites (tertiary alicyclic amines) is 1. The van der Waals surface area contributed by atoms with E-state index in [0.29, 0.717) is 17.1 Å². The van der Waals surface area contributed by atoms with E-state index in [9.17, 15) is 4.79 Å². The van der Waals surface area contributed by atoms with Gasteiger partial charge in [-0.05, 0) is 38.1 Å². The standard InChI is InChI=1S/C15H22N2O3/c1-16-10-12-5-4-8-17(12)15(18)11-6-7-13(19-2)14(9-11)20-3/h6-7,9,12,16H,4-5,8,10H2,1-3H3. The van der Waals surface area contributed by atoms with Crippen LogP contribution in [0.4, 0.5) is 0 Å². The number of nitrogens with zero attached hydrogens (tertiary/aromatic N) is 1. The summed E-state index contributed by atoms with van der Waals surface area (Å²) in [4.78, 5) is 14.5. The van der Waals surface area contributed by atoms with Gasteiger partial charge in [-0.3, -0.25) is 4.79 Å². The van der Waals surface area contributed by atoms with Gasteiger partial charge in [0.2, 0.25) is 0 Å². The average molecular weight is 278 g/mol. The number of rotatable bonds is 5. The number of methoxy groups -OCH3 is 2. The van der Waals surface area contributed by atoms with Crippen molar-refractivity contribution >= 4 is 5.91 Å². The van der Waals surface area contributed by atoms with Crippen LogP contribution in [0.5, 0.6) is 11.5 Å². The van der Waals surface area contributed by atoms with Crippen molar-refractivity contribution in [3.05, 3.63) is 23.8 Å². The number of benzene rings is 1. The predicted molar refractivity (Wildman–Crippen MR) is 77.5 cm³/mol. The Morgan fingerprint density at radius 1 is 1.35 bits per heavy atom. The highest BCUT2D eigenvalue weighted by atomic mass is 16.5. The minimum Gasteiger partial charge on any atom is -0.493 e. The lowest BCUT2D eigenvalue weighted by molar-refractivity contribution is 0.0736. The molecule has 5 heteroatoms. The van der Waals surface area contributed by atoms with E-state index in [1.54, 1.807) is 32.4 Å². The van der Waals surface area contributed by atoms with Crippen molar-refractivity contribution < 1.29 is 14.3 Å². The molecule has 2 rings (SSSR count). The quantitative estimate of drug-likeness (QED) is 0.887. The fraction of sp³-hybridized carbons (Fsp3) is 0.533. The Morgan fingerprint density at radius 3 is 2.75 bits per heavy atom. The highest BCUT2D eigenvalue weighted by Gasteiger charge is 2.29. The summed E-state index contributed by atoms with van der Waals surface area (Å²) >= 11 is 0. The molecule has 0 radical (unpaired) electrons. The van der Waals surface area contributed by atoms with Crippen LogP contribution < -0.4 is 14.8 Å². The fourth-order valence-electron chi connectivity index (χ4n) is 2.69. The van der Waals surface area contributed by atoms with Crippen LogP contribution in [0, 0.1) is 0 Å². The molecule has 20 heavy (non-hydrogen) atoms. The van der Waals surface area contributed by atoms with Gasteiger partial charge >= 0.3 is 0 Å². The third kappa shape index (κ3) is 2.88. The van der Waals surface area contributed by atoms with Gasteiger partial charge in [0.25, 0.3) is 5.91 Å². The Morgan fingerprint density at radius 2 is 2.10 bits per heavy atom. The summed E-state index contributed by atoms with van der Waals surface area (Å²) in [6, 6.07) is 5.59. The summed E-state index contributed by atoms with van der Waals surface area (Å²) in [5.41, 5.74) is 0.644. The highest BCUT2D eigenvalue weighted by Crippen LogP contribution is 2.29. The number of likely N-dealkylation sites (N-methyl/N-ethyl adjacent to an activating group) is 1. The van der Waals surface area contributed by atoms with Crippen LogP contribution in [0.2, 0.25) is 0 Å². The van der Waals surface area contributed by atoms with Gasteiger partial charge in [0, 0.05) is 24.7 Å². The fourth-order valence-corrected chi connectivity index (χ4v) is 2.69. The summed E-state index contributed by atoms with van der Waals surface area (Å²) in [6.07, 6.45) is 2.12. The lowest BCUT2D eigenvalue weighted by Crippen LogP contribution is -2.40. The molecule has 1 fully saturated rings. The molecule has 1 atom stereocenters. The zero-order chi connectivity index (χ0) is 14.5. The predicted octanol–water partition coefficient (Wildman–Crippen LogP) is 1.53. The summed E-state index contributed by atoms with van der Waals surface area (Å²) in [6.45, 7) is 1.65. The van der Waals surface area contributed by atoms with Crippen LogP contribution in [0.15, 0.2) is 18.2 Å². The van der Waals surface area contributed by atoms with Gasteiger partial charge in [-0.25, -0.2) is 0 Å². The van der Waals surface area contributed by atoms with E-state index in [1.807, 2.05) is 11.9 Å². The molecule has 1 aromatic carbocycles. The van der Waals surface area contributed by atoms with Crippen LogP contribution in [-0.4, -0.2) is 51.2 Å². The van der Waals surface area contributed by atoms with Gasteiger partial charge in [-0.1, -0.05) is 0 Å². The molecule has 0 bridgehead atoms. The minimum atomic E-state index is 0.0590. The van der Waals surface area contributed by atoms with Crippen molar-refractivity contribution in [2.45, 2.75) is 18.9 Å². The highest BCUT2D eigenvalue weighted by molar-refractivity contribution is 5.95. The van der Waals surface area contributed by atoms with Crippen molar-refractivity contribution in [3.63, 3.8) is 0 Å². The lowest BCUT2D eigenvalue weighted by atomic mass is 10.1. The summed E-state index contributed by atoms with van der Waals surface area (Å²) in [5.74, 6) is 1.28. The Bertz CT molecular complexity index is 476. The SMILES string of the molecule is CNCC1CCCN1C(=O)c1ccc(OC)c(OC)c1. The number of carbonyl (C=O) groups excluding carboxylic acids is 1. The van der Waals surface area contributed by atoms with Gasteiger partial charge in [0.05, 0.1) is 14.2 Å². The van der Waals surface area contributed by atoms with E-state index >= 15 is 0 Å². The molecule has 1 N–H and O–H groups in total. The molecule has 1 amide bonds. The van der Waals surface area contributed by atoms with Crippen LogP contribution >= 0.6 is 0 Å². The van der Waals surface area contributed by atoms with Crippen molar-refractivity contribution in [1.29, 1.82) is 0 Å². The average Bonchev–Trinajstić information content (AvgIpc) is 2.94. The van der Waals surface area contributed by atoms with E-state index in [-0.39, 0.29) is 11.9 Å². The first-order chi connectivity index (χ1) is 9.71. The molecule has 1 aliphatic heterocycles. The van der Waals surface area contributed by atoms with Gasteiger partial charge < -0.3 is 19.7 Å². The second kappa shape index (κ2) is 6.61. The molecule has 0 aliphatic carbocycles. The van der Waals surface area contributed by atoms with Gasteiger partial charge in [0.15, 0.2) is 11.5 Å². The molecular formula is C15H22N2O3. The molecule has 1 saturated heterocycles. The zero-order valence-corrected chi connectivity index (χ0v) is 12.3. The lowest BCUT2D eigenvalue weighted by Gasteiger charge is -2.25. The topological polar surface area (TPSA) is 50.8 Å². The van der Waals surface area contributed by atoms with Crippen LogP contribution in [0.25, 0.3) is 0 Å². The van der Waals surface area contributed by atoms with E-state index in [1.165, 1.54) is 0 Å². The summed E-state index contributed by atoms with van der Waals surface area (Å²) in [7, 11) is 5.08. The first-order valence-corrected chi connectivity index (χ1v) is 6.88. The van der Waals surface area contributed by atoms with Gasteiger partial charge in [-0.2, -0.15) is 0 Å². The first kappa shape index (κ1) is 14.7. The monoisotopic (exact) mass is 278 g/mol. The van der Waals surface area contributed by atoms with Gasteiger partial charge in [-0.15, -0.1) is 0 Å². The van der Waals surface area contributed by atoms with E-state index in [2.05, 4.69) is 5.32 Å². The maximum absolute atomic E-state index is 12.6. The maximum atomic E-state index is 12.6. The zero-order valence-electron chi connectivity index (χ0n) is 12.3. The molecule has 0 spiro atoms. The number of nitrogens with one attached hydrogen (secondary N) is 1. The summed E-state index contributed by atoms with van der Waals surface area (Å²) in [5, 5.41) is 3.15. The van der Waals surface area contributed by atoms with E-state index < -0.39 is 0 Å². The largest absolute Gasteiger partial charge is 0.493 e. The van der Waals surface area contributed by atoms with E-state index in [0.717, 1.165) is 25.9 Å². The van der Waals surface area contributed by atoms with Crippen molar-refractivity contribution in [1.82, 2.24) is 10.2 Å². The number of carbonyl (C=O) groups is 1. The van der Waals surface area contributed by atoms with Crippen molar-refractivity contribution in [2.24, 2.45) is 0 Å². The van der Waals surface area contributed by atoms with Crippen LogP contribution in [0.3, 0.4) is 0 Å². The molecular weight excluding hydrogens is 256 g/mol. The van der Waals surface area contributed by atoms with Crippen molar-refractivity contribution in [2.75, 3.05) is 34.4 Å². The minimum absolute atomic E-state index is 0.0590. The summed E-state index contributed by atoms with van der Waals surface area (Å²) < 4.78 is 10.5. The Kier molecular flexibility index (Phi) is 4.84. The Labute approximate surface area is 119 Å². The number of ether oxygens (including phenoxy) is 2. The Balaban J connectivity index is 2.20. The second-order valence-corrected chi connectivity index (χ2v) is 4.92. The molecule has 1 aliphatic rings. The first-order valence-electron chi connectivity index (χ1n) is 6.88. The number of amides is 1. The molecule has 5 nitrogen and oxygen atoms in total. The van der Waals surface area contributed by atoms with E-state index in [4.69, 9.17) is 9.47 Å². The maximum Gasteiger partial charge on any atom is 0.254 e. The third-order valence-corrected chi connectivity index (χ3v) is 3.71. The normalized spacial score (nSPS) is 18.1. The molecule has 0 aromatic heterocycles. The second-order valence-electron chi connectivity index (χ2n) is 4.92. The van der Waals surface area contributed by atoms with Crippen LogP contribution in [0.1, 0.15) is 23.2 Å². The molecule has 0 saturated carbocycles. The Hall–Kier alpha value is -1.75.